The van der Waals surface area contributed by atoms with Crippen molar-refractivity contribution in [3.63, 3.8) is 0 Å². The van der Waals surface area contributed by atoms with Crippen LogP contribution in [0.3, 0.4) is 0 Å². The molecular formula is C32H31NS2. The minimum absolute atomic E-state index is 0.0548. The number of rotatable bonds is 3. The van der Waals surface area contributed by atoms with Gasteiger partial charge in [-0.2, -0.15) is 0 Å². The van der Waals surface area contributed by atoms with Crippen molar-refractivity contribution >= 4 is 63.7 Å². The van der Waals surface area contributed by atoms with E-state index >= 15 is 0 Å². The van der Waals surface area contributed by atoms with E-state index in [0.717, 1.165) is 12.1 Å². The number of nitrogens with zero attached hydrogens (tertiary/aromatic N) is 1. The lowest BCUT2D eigenvalue weighted by molar-refractivity contribution is 0.596. The smallest absolute Gasteiger partial charge is 0.0880 e. The molecule has 0 aliphatic rings. The third-order valence-corrected chi connectivity index (χ3v) is 9.53. The largest absolute Gasteiger partial charge is 0.255 e. The van der Waals surface area contributed by atoms with Crippen molar-refractivity contribution in [3.8, 4) is 11.3 Å². The highest BCUT2D eigenvalue weighted by Crippen LogP contribution is 2.44. The Balaban J connectivity index is 1.60. The summed E-state index contributed by atoms with van der Waals surface area (Å²) in [5.74, 6) is 0.678. The average molecular weight is 494 g/mol. The van der Waals surface area contributed by atoms with Crippen LogP contribution in [0.2, 0.25) is 0 Å². The third kappa shape index (κ3) is 3.77. The Kier molecular flexibility index (Phi) is 5.28. The third-order valence-electron chi connectivity index (χ3n) is 7.08. The van der Waals surface area contributed by atoms with Gasteiger partial charge in [0.1, 0.15) is 0 Å². The molecule has 0 bridgehead atoms. The highest BCUT2D eigenvalue weighted by Gasteiger charge is 2.20. The first-order valence-corrected chi connectivity index (χ1v) is 14.1. The Labute approximate surface area is 215 Å². The molecule has 0 saturated carbocycles. The van der Waals surface area contributed by atoms with E-state index in [9.17, 15) is 0 Å². The summed E-state index contributed by atoms with van der Waals surface area (Å²) in [6.45, 7) is 13.8. The lowest BCUT2D eigenvalue weighted by Crippen LogP contribution is -2.12. The van der Waals surface area contributed by atoms with Gasteiger partial charge >= 0.3 is 0 Å². The zero-order chi connectivity index (χ0) is 24.5. The highest BCUT2D eigenvalue weighted by atomic mass is 32.1. The molecule has 3 aromatic carbocycles. The number of pyridine rings is 1. The van der Waals surface area contributed by atoms with Crippen molar-refractivity contribution in [2.45, 2.75) is 53.4 Å². The molecule has 3 aromatic heterocycles. The summed E-state index contributed by atoms with van der Waals surface area (Å²) in [6, 6.07) is 20.5. The van der Waals surface area contributed by atoms with Crippen LogP contribution in [0.25, 0.3) is 52.3 Å². The highest BCUT2D eigenvalue weighted by molar-refractivity contribution is 7.26. The monoisotopic (exact) mass is 493 g/mol. The molecule has 3 heterocycles. The summed E-state index contributed by atoms with van der Waals surface area (Å²) in [7, 11) is 0. The van der Waals surface area contributed by atoms with Gasteiger partial charge in [0.05, 0.1) is 10.4 Å². The van der Waals surface area contributed by atoms with Gasteiger partial charge in [-0.05, 0) is 82.3 Å². The maximum atomic E-state index is 4.94. The number of thiophene rings is 2. The maximum absolute atomic E-state index is 4.94. The number of benzene rings is 3. The molecule has 0 saturated heterocycles. The van der Waals surface area contributed by atoms with E-state index < -0.39 is 0 Å². The lowest BCUT2D eigenvalue weighted by atomic mass is 9.82. The minimum Gasteiger partial charge on any atom is -0.255 e. The standard InChI is InChI=1S/C32H31NS2/c1-18(2)13-27-19(3)24-16-29-25(17-28(24)34-27)23-11-12-33-30(31(23)35-29)21-14-20-9-7-8-10-22(20)26(15-21)32(4,5)6/h7-12,14-18H,13H2,1-6H3. The van der Waals surface area contributed by atoms with Crippen LogP contribution >= 0.6 is 22.7 Å². The molecule has 0 amide bonds. The minimum atomic E-state index is 0.0548. The van der Waals surface area contributed by atoms with E-state index in [1.165, 1.54) is 62.6 Å². The van der Waals surface area contributed by atoms with Crippen LogP contribution in [0.15, 0.2) is 60.8 Å². The summed E-state index contributed by atoms with van der Waals surface area (Å²) in [5.41, 5.74) is 5.20. The first-order chi connectivity index (χ1) is 16.7. The van der Waals surface area contributed by atoms with E-state index in [1.54, 1.807) is 0 Å². The Bertz CT molecular complexity index is 1740. The van der Waals surface area contributed by atoms with Gasteiger partial charge in [-0.3, -0.25) is 4.98 Å². The fourth-order valence-corrected chi connectivity index (χ4v) is 7.98. The zero-order valence-corrected chi connectivity index (χ0v) is 23.0. The molecule has 0 N–H and O–H groups in total. The van der Waals surface area contributed by atoms with Crippen LogP contribution in [-0.2, 0) is 11.8 Å². The quantitative estimate of drug-likeness (QED) is 0.239. The van der Waals surface area contributed by atoms with Gasteiger partial charge in [0.2, 0.25) is 0 Å². The molecule has 0 fully saturated rings. The topological polar surface area (TPSA) is 12.9 Å². The molecule has 0 aliphatic carbocycles. The second-order valence-corrected chi connectivity index (χ2v) is 13.4. The molecule has 1 nitrogen and oxygen atoms in total. The normalized spacial score (nSPS) is 12.7. The van der Waals surface area contributed by atoms with Gasteiger partial charge in [0.15, 0.2) is 0 Å². The van der Waals surface area contributed by atoms with E-state index in [0.29, 0.717) is 5.92 Å². The maximum Gasteiger partial charge on any atom is 0.0880 e. The second-order valence-electron chi connectivity index (χ2n) is 11.2. The van der Waals surface area contributed by atoms with Crippen LogP contribution in [0.1, 0.15) is 50.6 Å². The predicted octanol–water partition coefficient (Wildman–Crippen LogP) is 10.3. The summed E-state index contributed by atoms with van der Waals surface area (Å²) in [4.78, 5) is 6.47. The first-order valence-electron chi connectivity index (χ1n) is 12.5. The van der Waals surface area contributed by atoms with Gasteiger partial charge in [-0.1, -0.05) is 58.9 Å². The Morgan fingerprint density at radius 3 is 2.34 bits per heavy atom. The molecule has 0 atom stereocenters. The van der Waals surface area contributed by atoms with Gasteiger partial charge in [-0.25, -0.2) is 0 Å². The molecule has 6 rings (SSSR count). The van der Waals surface area contributed by atoms with Crippen LogP contribution < -0.4 is 0 Å². The average Bonchev–Trinajstić information content (AvgIpc) is 3.32. The van der Waals surface area contributed by atoms with Crippen LogP contribution in [0.4, 0.5) is 0 Å². The number of hydrogen-bond donors (Lipinski definition) is 0. The van der Waals surface area contributed by atoms with Crippen LogP contribution in [-0.4, -0.2) is 4.98 Å². The van der Waals surface area contributed by atoms with Gasteiger partial charge < -0.3 is 0 Å². The number of hydrogen-bond acceptors (Lipinski definition) is 3. The van der Waals surface area contributed by atoms with Gasteiger partial charge in [0.25, 0.3) is 0 Å². The van der Waals surface area contributed by atoms with Crippen molar-refractivity contribution in [3.05, 3.63) is 76.8 Å². The number of aryl methyl sites for hydroxylation is 1. The Hall–Kier alpha value is -2.75. The van der Waals surface area contributed by atoms with E-state index in [2.05, 4.69) is 96.1 Å². The molecule has 0 aliphatic heterocycles. The number of aromatic nitrogens is 1. The zero-order valence-electron chi connectivity index (χ0n) is 21.3. The number of fused-ring (bicyclic) bond motifs is 5. The Morgan fingerprint density at radius 2 is 1.57 bits per heavy atom. The van der Waals surface area contributed by atoms with E-state index in [1.807, 2.05) is 28.9 Å². The summed E-state index contributed by atoms with van der Waals surface area (Å²) >= 11 is 3.87. The van der Waals surface area contributed by atoms with Crippen molar-refractivity contribution < 1.29 is 0 Å². The SMILES string of the molecule is Cc1c(CC(C)C)sc2cc3c(cc12)sc1c(-c2cc(C(C)(C)C)c4ccccc4c2)nccc13. The molecule has 6 aromatic rings. The van der Waals surface area contributed by atoms with Gasteiger partial charge in [-0.15, -0.1) is 22.7 Å². The fourth-order valence-electron chi connectivity index (χ4n) is 5.30. The van der Waals surface area contributed by atoms with E-state index in [-0.39, 0.29) is 5.41 Å². The first kappa shape index (κ1) is 22.7. The van der Waals surface area contributed by atoms with Gasteiger partial charge in [0, 0.05) is 36.8 Å². The molecule has 176 valence electrons. The van der Waals surface area contributed by atoms with Crippen molar-refractivity contribution in [1.82, 2.24) is 4.98 Å². The van der Waals surface area contributed by atoms with Crippen LogP contribution in [0, 0.1) is 12.8 Å². The second kappa shape index (κ2) is 8.15. The summed E-state index contributed by atoms with van der Waals surface area (Å²) in [6.07, 6.45) is 3.15. The fraction of sp³-hybridized carbons (Fsp3) is 0.281. The molecule has 35 heavy (non-hydrogen) atoms. The lowest BCUT2D eigenvalue weighted by Gasteiger charge is -2.22. The summed E-state index contributed by atoms with van der Waals surface area (Å²) < 4.78 is 4.05. The predicted molar refractivity (Wildman–Crippen MR) is 157 cm³/mol. The Morgan fingerprint density at radius 1 is 0.829 bits per heavy atom. The molecular weight excluding hydrogens is 462 g/mol. The molecule has 0 radical (unpaired) electrons. The van der Waals surface area contributed by atoms with Crippen molar-refractivity contribution in [2.75, 3.05) is 0 Å². The van der Waals surface area contributed by atoms with E-state index in [4.69, 9.17) is 4.98 Å². The van der Waals surface area contributed by atoms with Crippen molar-refractivity contribution in [1.29, 1.82) is 0 Å². The summed E-state index contributed by atoms with van der Waals surface area (Å²) in [5, 5.41) is 6.71. The van der Waals surface area contributed by atoms with Crippen LogP contribution in [0.5, 0.6) is 0 Å². The molecule has 0 spiro atoms. The molecule has 3 heteroatoms. The molecule has 0 unspecified atom stereocenters. The van der Waals surface area contributed by atoms with Crippen molar-refractivity contribution in [2.24, 2.45) is 5.92 Å².